The topological polar surface area (TPSA) is 66.7 Å². The highest BCUT2D eigenvalue weighted by Crippen LogP contribution is 2.17. The van der Waals surface area contributed by atoms with Gasteiger partial charge in [-0.3, -0.25) is 9.67 Å². The number of hydrogen-bond donors (Lipinski definition) is 2. The summed E-state index contributed by atoms with van der Waals surface area (Å²) in [5, 5.41) is 10.9. The molecule has 7 heteroatoms. The number of aryl methyl sites for hydroxylation is 1. The molecule has 0 fully saturated rings. The van der Waals surface area contributed by atoms with Crippen molar-refractivity contribution in [3.8, 4) is 5.75 Å². The number of ether oxygens (including phenoxy) is 1. The van der Waals surface area contributed by atoms with Crippen LogP contribution < -0.4 is 15.4 Å². The highest BCUT2D eigenvalue weighted by atomic mass is 16.5. The van der Waals surface area contributed by atoms with Crippen LogP contribution in [0.25, 0.3) is 0 Å². The standard InChI is InChI=1S/C19H30N6O/c1-20-19(21-10-6-12-25-13-7-11-23-25)22-16-17-8-4-5-9-18(17)26-15-14-24(2)3/h4-5,7-9,11,13H,6,10,12,14-16H2,1-3H3,(H2,20,21,22). The number of likely N-dealkylation sites (N-methyl/N-ethyl adjacent to an activating group) is 1. The van der Waals surface area contributed by atoms with E-state index in [4.69, 9.17) is 4.74 Å². The Morgan fingerprint density at radius 3 is 2.81 bits per heavy atom. The number of aromatic nitrogens is 2. The fourth-order valence-electron chi connectivity index (χ4n) is 2.41. The van der Waals surface area contributed by atoms with Crippen molar-refractivity contribution in [2.24, 2.45) is 4.99 Å². The zero-order chi connectivity index (χ0) is 18.6. The van der Waals surface area contributed by atoms with Crippen LogP contribution >= 0.6 is 0 Å². The first-order valence-corrected chi connectivity index (χ1v) is 8.96. The molecule has 0 saturated carbocycles. The van der Waals surface area contributed by atoms with Crippen molar-refractivity contribution >= 4 is 5.96 Å². The summed E-state index contributed by atoms with van der Waals surface area (Å²) in [6.07, 6.45) is 4.75. The second kappa shape index (κ2) is 11.1. The Balaban J connectivity index is 1.75. The quantitative estimate of drug-likeness (QED) is 0.383. The Kier molecular flexibility index (Phi) is 8.48. The van der Waals surface area contributed by atoms with E-state index < -0.39 is 0 Å². The minimum Gasteiger partial charge on any atom is -0.492 e. The molecule has 0 saturated heterocycles. The summed E-state index contributed by atoms with van der Waals surface area (Å²) in [7, 11) is 5.86. The highest BCUT2D eigenvalue weighted by molar-refractivity contribution is 5.79. The Labute approximate surface area is 156 Å². The first-order chi connectivity index (χ1) is 12.7. The molecule has 0 aliphatic heterocycles. The normalized spacial score (nSPS) is 11.6. The maximum atomic E-state index is 5.90. The summed E-state index contributed by atoms with van der Waals surface area (Å²) < 4.78 is 7.83. The number of aliphatic imine (C=N–C) groups is 1. The maximum Gasteiger partial charge on any atom is 0.191 e. The van der Waals surface area contributed by atoms with Crippen LogP contribution in [-0.2, 0) is 13.1 Å². The summed E-state index contributed by atoms with van der Waals surface area (Å²) in [6.45, 7) is 3.95. The van der Waals surface area contributed by atoms with Gasteiger partial charge in [0.15, 0.2) is 5.96 Å². The van der Waals surface area contributed by atoms with Crippen molar-refractivity contribution in [1.82, 2.24) is 25.3 Å². The lowest BCUT2D eigenvalue weighted by Gasteiger charge is -2.16. The zero-order valence-electron chi connectivity index (χ0n) is 16.0. The fourth-order valence-corrected chi connectivity index (χ4v) is 2.41. The molecule has 0 amide bonds. The SMILES string of the molecule is CN=C(NCCCn1cccn1)NCc1ccccc1OCCN(C)C. The largest absolute Gasteiger partial charge is 0.492 e. The van der Waals surface area contributed by atoms with E-state index in [-0.39, 0.29) is 0 Å². The van der Waals surface area contributed by atoms with Gasteiger partial charge >= 0.3 is 0 Å². The van der Waals surface area contributed by atoms with Crippen molar-refractivity contribution in [3.63, 3.8) is 0 Å². The lowest BCUT2D eigenvalue weighted by molar-refractivity contribution is 0.259. The number of benzene rings is 1. The van der Waals surface area contributed by atoms with Gasteiger partial charge in [0.2, 0.25) is 0 Å². The van der Waals surface area contributed by atoms with Crippen LogP contribution in [0.1, 0.15) is 12.0 Å². The monoisotopic (exact) mass is 358 g/mol. The Bertz CT molecular complexity index is 654. The molecule has 0 atom stereocenters. The van der Waals surface area contributed by atoms with Gasteiger partial charge in [0.05, 0.1) is 0 Å². The average molecular weight is 358 g/mol. The number of nitrogens with zero attached hydrogens (tertiary/aromatic N) is 4. The summed E-state index contributed by atoms with van der Waals surface area (Å²) in [6, 6.07) is 10.0. The Hall–Kier alpha value is -2.54. The van der Waals surface area contributed by atoms with Crippen LogP contribution in [0.15, 0.2) is 47.7 Å². The maximum absolute atomic E-state index is 5.90. The number of hydrogen-bond acceptors (Lipinski definition) is 4. The Morgan fingerprint density at radius 1 is 1.23 bits per heavy atom. The van der Waals surface area contributed by atoms with Gasteiger partial charge in [0, 0.05) is 51.2 Å². The van der Waals surface area contributed by atoms with Crippen LogP contribution in [0, 0.1) is 0 Å². The number of guanidine groups is 1. The van der Waals surface area contributed by atoms with Crippen molar-refractivity contribution in [3.05, 3.63) is 48.3 Å². The van der Waals surface area contributed by atoms with E-state index >= 15 is 0 Å². The van der Waals surface area contributed by atoms with Gasteiger partial charge in [0.1, 0.15) is 12.4 Å². The van der Waals surface area contributed by atoms with Crippen LogP contribution in [0.4, 0.5) is 0 Å². The van der Waals surface area contributed by atoms with E-state index in [1.54, 1.807) is 13.2 Å². The highest BCUT2D eigenvalue weighted by Gasteiger charge is 2.05. The molecular formula is C19H30N6O. The first kappa shape index (κ1) is 19.8. The van der Waals surface area contributed by atoms with Crippen LogP contribution in [-0.4, -0.2) is 61.5 Å². The number of rotatable bonds is 10. The van der Waals surface area contributed by atoms with Crippen molar-refractivity contribution in [2.45, 2.75) is 19.5 Å². The third-order valence-electron chi connectivity index (χ3n) is 3.85. The smallest absolute Gasteiger partial charge is 0.191 e. The van der Waals surface area contributed by atoms with Gasteiger partial charge in [0.25, 0.3) is 0 Å². The molecule has 0 unspecified atom stereocenters. The minimum absolute atomic E-state index is 0.664. The summed E-state index contributed by atoms with van der Waals surface area (Å²) in [4.78, 5) is 6.38. The lowest BCUT2D eigenvalue weighted by atomic mass is 10.2. The molecule has 2 N–H and O–H groups in total. The van der Waals surface area contributed by atoms with E-state index in [0.717, 1.165) is 43.3 Å². The van der Waals surface area contributed by atoms with Gasteiger partial charge in [-0.2, -0.15) is 5.10 Å². The molecule has 26 heavy (non-hydrogen) atoms. The summed E-state index contributed by atoms with van der Waals surface area (Å²) >= 11 is 0. The molecule has 0 bridgehead atoms. The lowest BCUT2D eigenvalue weighted by Crippen LogP contribution is -2.37. The second-order valence-electron chi connectivity index (χ2n) is 6.23. The predicted octanol–water partition coefficient (Wildman–Crippen LogP) is 1.58. The van der Waals surface area contributed by atoms with Gasteiger partial charge in [-0.1, -0.05) is 18.2 Å². The summed E-state index contributed by atoms with van der Waals surface area (Å²) in [5.41, 5.74) is 1.12. The molecule has 7 nitrogen and oxygen atoms in total. The van der Waals surface area contributed by atoms with E-state index in [1.165, 1.54) is 0 Å². The first-order valence-electron chi connectivity index (χ1n) is 8.96. The molecular weight excluding hydrogens is 328 g/mol. The van der Waals surface area contributed by atoms with Gasteiger partial charge < -0.3 is 20.3 Å². The molecule has 0 aliphatic rings. The Morgan fingerprint density at radius 2 is 2.08 bits per heavy atom. The second-order valence-corrected chi connectivity index (χ2v) is 6.23. The van der Waals surface area contributed by atoms with Crippen molar-refractivity contribution in [2.75, 3.05) is 40.8 Å². The summed E-state index contributed by atoms with van der Waals surface area (Å²) in [5.74, 6) is 1.70. The van der Waals surface area contributed by atoms with Gasteiger partial charge in [-0.05, 0) is 32.6 Å². The molecule has 1 aromatic heterocycles. The number of nitrogens with one attached hydrogen (secondary N) is 2. The average Bonchev–Trinajstić information content (AvgIpc) is 3.15. The molecule has 0 spiro atoms. The third-order valence-corrected chi connectivity index (χ3v) is 3.85. The molecule has 1 aromatic carbocycles. The van der Waals surface area contributed by atoms with Crippen LogP contribution in [0.2, 0.25) is 0 Å². The van der Waals surface area contributed by atoms with Crippen LogP contribution in [0.5, 0.6) is 5.75 Å². The molecule has 0 radical (unpaired) electrons. The van der Waals surface area contributed by atoms with E-state index in [9.17, 15) is 0 Å². The molecule has 2 rings (SSSR count). The van der Waals surface area contributed by atoms with Crippen molar-refractivity contribution < 1.29 is 4.74 Å². The fraction of sp³-hybridized carbons (Fsp3) is 0.474. The number of para-hydroxylation sites is 1. The third kappa shape index (κ3) is 7.14. The molecule has 2 aromatic rings. The van der Waals surface area contributed by atoms with Crippen LogP contribution in [0.3, 0.4) is 0 Å². The van der Waals surface area contributed by atoms with Crippen molar-refractivity contribution in [1.29, 1.82) is 0 Å². The molecule has 0 aliphatic carbocycles. The molecule has 1 heterocycles. The zero-order valence-corrected chi connectivity index (χ0v) is 16.0. The van der Waals surface area contributed by atoms with Gasteiger partial charge in [-0.15, -0.1) is 0 Å². The van der Waals surface area contributed by atoms with E-state index in [2.05, 4.69) is 31.7 Å². The molecule has 142 valence electrons. The van der Waals surface area contributed by atoms with Gasteiger partial charge in [-0.25, -0.2) is 0 Å². The van der Waals surface area contributed by atoms with E-state index in [1.807, 2.05) is 49.2 Å². The van der Waals surface area contributed by atoms with E-state index in [0.29, 0.717) is 13.2 Å². The predicted molar refractivity (Wildman–Crippen MR) is 106 cm³/mol. The minimum atomic E-state index is 0.664.